The molecule has 1 unspecified atom stereocenters. The van der Waals surface area contributed by atoms with Crippen LogP contribution in [0.25, 0.3) is 0 Å². The molecule has 0 aromatic rings. The minimum atomic E-state index is -2.93. The van der Waals surface area contributed by atoms with Gasteiger partial charge in [-0.05, 0) is 18.8 Å². The van der Waals surface area contributed by atoms with E-state index in [0.717, 1.165) is 4.90 Å². The lowest BCUT2D eigenvalue weighted by Crippen LogP contribution is -2.58. The number of carbonyl (C=O) groups is 2. The molecular weight excluding hydrogens is 258 g/mol. The molecule has 0 aromatic carbocycles. The number of alkyl halides is 2. The Hall–Kier alpha value is -1.24. The zero-order chi connectivity index (χ0) is 14.8. The molecule has 0 radical (unpaired) electrons. The van der Waals surface area contributed by atoms with Crippen LogP contribution in [-0.2, 0) is 14.3 Å². The van der Waals surface area contributed by atoms with Gasteiger partial charge in [-0.2, -0.15) is 0 Å². The number of nitrogens with zero attached hydrogens (tertiary/aromatic N) is 1. The van der Waals surface area contributed by atoms with Gasteiger partial charge in [-0.15, -0.1) is 0 Å². The third-order valence-electron chi connectivity index (χ3n) is 3.43. The van der Waals surface area contributed by atoms with Crippen molar-refractivity contribution in [3.63, 3.8) is 0 Å². The molecule has 0 spiro atoms. The quantitative estimate of drug-likeness (QED) is 0.807. The SMILES string of the molecule is CC(C)[C@@H](C(N)=O)N(C)C(=O)C1(C(F)F)CCCO1. The molecule has 110 valence electrons. The summed E-state index contributed by atoms with van der Waals surface area (Å²) in [5.41, 5.74) is 3.11. The van der Waals surface area contributed by atoms with Crippen molar-refractivity contribution in [2.45, 2.75) is 44.8 Å². The van der Waals surface area contributed by atoms with Gasteiger partial charge in [0.2, 0.25) is 11.5 Å². The Morgan fingerprint density at radius 3 is 2.26 bits per heavy atom. The van der Waals surface area contributed by atoms with Crippen LogP contribution in [0.1, 0.15) is 26.7 Å². The van der Waals surface area contributed by atoms with E-state index in [1.54, 1.807) is 13.8 Å². The van der Waals surface area contributed by atoms with E-state index in [1.165, 1.54) is 7.05 Å². The van der Waals surface area contributed by atoms with Gasteiger partial charge in [0.05, 0.1) is 0 Å². The van der Waals surface area contributed by atoms with Gasteiger partial charge in [0.25, 0.3) is 12.3 Å². The Kier molecular flexibility index (Phi) is 4.84. The molecule has 0 saturated carbocycles. The van der Waals surface area contributed by atoms with Gasteiger partial charge >= 0.3 is 0 Å². The first-order valence-corrected chi connectivity index (χ1v) is 6.22. The number of likely N-dealkylation sites (N-methyl/N-ethyl adjacent to an activating group) is 1. The van der Waals surface area contributed by atoms with Crippen LogP contribution in [0.2, 0.25) is 0 Å². The van der Waals surface area contributed by atoms with Crippen molar-refractivity contribution in [3.05, 3.63) is 0 Å². The van der Waals surface area contributed by atoms with Crippen molar-refractivity contribution >= 4 is 11.8 Å². The van der Waals surface area contributed by atoms with Crippen LogP contribution in [0.3, 0.4) is 0 Å². The number of hydrogen-bond donors (Lipinski definition) is 1. The largest absolute Gasteiger partial charge is 0.368 e. The lowest BCUT2D eigenvalue weighted by Gasteiger charge is -2.35. The first-order valence-electron chi connectivity index (χ1n) is 6.22. The van der Waals surface area contributed by atoms with Crippen molar-refractivity contribution in [2.24, 2.45) is 11.7 Å². The number of amides is 2. The summed E-state index contributed by atoms with van der Waals surface area (Å²) in [6.07, 6.45) is -2.57. The fraction of sp³-hybridized carbons (Fsp3) is 0.833. The fourth-order valence-electron chi connectivity index (χ4n) is 2.49. The highest BCUT2D eigenvalue weighted by molar-refractivity contribution is 5.91. The van der Waals surface area contributed by atoms with Crippen molar-refractivity contribution < 1.29 is 23.1 Å². The minimum absolute atomic E-state index is 0.0442. The molecule has 0 aliphatic carbocycles. The van der Waals surface area contributed by atoms with E-state index in [0.29, 0.717) is 6.42 Å². The molecular formula is C12H20F2N2O3. The lowest BCUT2D eigenvalue weighted by molar-refractivity contribution is -0.174. The Bertz CT molecular complexity index is 355. The fourth-order valence-corrected chi connectivity index (χ4v) is 2.49. The molecule has 7 heteroatoms. The van der Waals surface area contributed by atoms with Crippen LogP contribution >= 0.6 is 0 Å². The molecule has 1 aliphatic rings. The summed E-state index contributed by atoms with van der Waals surface area (Å²) in [4.78, 5) is 24.6. The highest BCUT2D eigenvalue weighted by Gasteiger charge is 2.53. The summed E-state index contributed by atoms with van der Waals surface area (Å²) < 4.78 is 31.4. The number of carbonyl (C=O) groups excluding carboxylic acids is 2. The molecule has 1 aliphatic heterocycles. The van der Waals surface area contributed by atoms with E-state index in [-0.39, 0.29) is 18.9 Å². The zero-order valence-electron chi connectivity index (χ0n) is 11.4. The Labute approximate surface area is 111 Å². The third-order valence-corrected chi connectivity index (χ3v) is 3.43. The van der Waals surface area contributed by atoms with Crippen molar-refractivity contribution in [1.29, 1.82) is 0 Å². The summed E-state index contributed by atoms with van der Waals surface area (Å²) in [7, 11) is 1.31. The van der Waals surface area contributed by atoms with Gasteiger partial charge in [0, 0.05) is 13.7 Å². The van der Waals surface area contributed by atoms with Crippen LogP contribution in [0.4, 0.5) is 8.78 Å². The van der Waals surface area contributed by atoms with E-state index in [4.69, 9.17) is 10.5 Å². The molecule has 1 fully saturated rings. The van der Waals surface area contributed by atoms with Gasteiger partial charge < -0.3 is 15.4 Å². The van der Waals surface area contributed by atoms with E-state index >= 15 is 0 Å². The number of nitrogens with two attached hydrogens (primary N) is 1. The maximum atomic E-state index is 13.2. The zero-order valence-corrected chi connectivity index (χ0v) is 11.4. The average Bonchev–Trinajstić information content (AvgIpc) is 2.76. The third kappa shape index (κ3) is 2.86. The molecule has 0 aromatic heterocycles. The minimum Gasteiger partial charge on any atom is -0.368 e. The number of halogens is 2. The van der Waals surface area contributed by atoms with E-state index in [1.807, 2.05) is 0 Å². The monoisotopic (exact) mass is 278 g/mol. The topological polar surface area (TPSA) is 72.6 Å². The Balaban J connectivity index is 3.00. The average molecular weight is 278 g/mol. The number of primary amides is 1. The molecule has 19 heavy (non-hydrogen) atoms. The second-order valence-corrected chi connectivity index (χ2v) is 5.15. The summed E-state index contributed by atoms with van der Waals surface area (Å²) in [6, 6.07) is -0.924. The first-order chi connectivity index (χ1) is 8.74. The predicted octanol–water partition coefficient (Wildman–Crippen LogP) is 0.769. The lowest BCUT2D eigenvalue weighted by atomic mass is 9.95. The maximum absolute atomic E-state index is 13.2. The second-order valence-electron chi connectivity index (χ2n) is 5.15. The number of ether oxygens (including phenoxy) is 1. The Morgan fingerprint density at radius 1 is 1.37 bits per heavy atom. The maximum Gasteiger partial charge on any atom is 0.276 e. The second kappa shape index (κ2) is 5.81. The molecule has 5 nitrogen and oxygen atoms in total. The Morgan fingerprint density at radius 2 is 1.95 bits per heavy atom. The molecule has 2 atom stereocenters. The van der Waals surface area contributed by atoms with E-state index in [9.17, 15) is 18.4 Å². The highest BCUT2D eigenvalue weighted by atomic mass is 19.3. The molecule has 1 saturated heterocycles. The molecule has 2 amide bonds. The molecule has 2 N–H and O–H groups in total. The smallest absolute Gasteiger partial charge is 0.276 e. The summed E-state index contributed by atoms with van der Waals surface area (Å²) in [5.74, 6) is -1.85. The number of hydrogen-bond acceptors (Lipinski definition) is 3. The van der Waals surface area contributed by atoms with Crippen LogP contribution in [0.5, 0.6) is 0 Å². The molecule has 1 heterocycles. The summed E-state index contributed by atoms with van der Waals surface area (Å²) in [5, 5.41) is 0. The summed E-state index contributed by atoms with van der Waals surface area (Å²) >= 11 is 0. The highest BCUT2D eigenvalue weighted by Crippen LogP contribution is 2.34. The molecule has 0 bridgehead atoms. The van der Waals surface area contributed by atoms with Gasteiger partial charge in [-0.3, -0.25) is 9.59 Å². The molecule has 1 rings (SSSR count). The van der Waals surface area contributed by atoms with Crippen LogP contribution in [0.15, 0.2) is 0 Å². The van der Waals surface area contributed by atoms with Gasteiger partial charge in [0.1, 0.15) is 6.04 Å². The standard InChI is InChI=1S/C12H20F2N2O3/c1-7(2)8(9(15)17)16(3)11(18)12(10(13)14)5-4-6-19-12/h7-8,10H,4-6H2,1-3H3,(H2,15,17)/t8-,12?/m0/s1. The summed E-state index contributed by atoms with van der Waals surface area (Å²) in [6.45, 7) is 3.51. The van der Waals surface area contributed by atoms with Crippen LogP contribution in [-0.4, -0.2) is 48.4 Å². The normalized spacial score (nSPS) is 24.8. The predicted molar refractivity (Wildman–Crippen MR) is 64.5 cm³/mol. The van der Waals surface area contributed by atoms with Crippen LogP contribution in [0, 0.1) is 5.92 Å². The number of rotatable bonds is 5. The van der Waals surface area contributed by atoms with Gasteiger partial charge in [-0.1, -0.05) is 13.8 Å². The van der Waals surface area contributed by atoms with Crippen molar-refractivity contribution in [3.8, 4) is 0 Å². The van der Waals surface area contributed by atoms with Gasteiger partial charge in [0.15, 0.2) is 0 Å². The van der Waals surface area contributed by atoms with Gasteiger partial charge in [-0.25, -0.2) is 8.78 Å². The van der Waals surface area contributed by atoms with E-state index < -0.39 is 29.9 Å². The van der Waals surface area contributed by atoms with Crippen molar-refractivity contribution in [1.82, 2.24) is 4.90 Å². The van der Waals surface area contributed by atoms with E-state index in [2.05, 4.69) is 0 Å². The first kappa shape index (κ1) is 15.8. The van der Waals surface area contributed by atoms with Crippen molar-refractivity contribution in [2.75, 3.05) is 13.7 Å². The van der Waals surface area contributed by atoms with Crippen LogP contribution < -0.4 is 5.73 Å².